The normalized spacial score (nSPS) is 13.1. The maximum Gasteiger partial charge on any atom is 0.355 e. The number of carbonyl (C=O) groups excluding carboxylic acids is 3. The molecular weight excluding hydrogens is 382 g/mol. The van der Waals surface area contributed by atoms with Crippen LogP contribution in [-0.4, -0.2) is 31.9 Å². The van der Waals surface area contributed by atoms with Gasteiger partial charge in [-0.05, 0) is 48.4 Å². The molecule has 6 heteroatoms. The Labute approximate surface area is 174 Å². The number of esters is 2. The van der Waals surface area contributed by atoms with E-state index < -0.39 is 11.9 Å². The molecule has 2 aromatic carbocycles. The third-order valence-corrected chi connectivity index (χ3v) is 4.64. The van der Waals surface area contributed by atoms with Crippen molar-refractivity contribution in [2.75, 3.05) is 19.1 Å². The zero-order chi connectivity index (χ0) is 21.7. The van der Waals surface area contributed by atoms with E-state index in [2.05, 4.69) is 0 Å². The molecule has 0 bridgehead atoms. The SMILES string of the molecule is COC(=O)C1=C(C(=O)OC)N(c2ccc(-c3cccc(C(C)=O)c3)cc2)C=CC=C1. The van der Waals surface area contributed by atoms with E-state index in [0.29, 0.717) is 11.3 Å². The van der Waals surface area contributed by atoms with Gasteiger partial charge < -0.3 is 14.4 Å². The molecular formula is C24H21NO5. The summed E-state index contributed by atoms with van der Waals surface area (Å²) in [7, 11) is 2.51. The minimum Gasteiger partial charge on any atom is -0.465 e. The fourth-order valence-electron chi connectivity index (χ4n) is 3.10. The number of ketones is 1. The molecule has 1 aliphatic rings. The van der Waals surface area contributed by atoms with Crippen molar-refractivity contribution in [1.29, 1.82) is 0 Å². The molecule has 6 nitrogen and oxygen atoms in total. The number of rotatable bonds is 5. The first-order valence-corrected chi connectivity index (χ1v) is 9.22. The first kappa shape index (κ1) is 20.8. The Kier molecular flexibility index (Phi) is 6.27. The predicted molar refractivity (Wildman–Crippen MR) is 114 cm³/mol. The van der Waals surface area contributed by atoms with Crippen LogP contribution in [0.2, 0.25) is 0 Å². The number of anilines is 1. The molecule has 0 saturated carbocycles. The van der Waals surface area contributed by atoms with Gasteiger partial charge in [0.05, 0.1) is 19.8 Å². The van der Waals surface area contributed by atoms with Gasteiger partial charge >= 0.3 is 11.9 Å². The largest absolute Gasteiger partial charge is 0.465 e. The lowest BCUT2D eigenvalue weighted by Crippen LogP contribution is -2.26. The molecule has 0 amide bonds. The Bertz CT molecular complexity index is 1080. The predicted octanol–water partition coefficient (Wildman–Crippen LogP) is 4.05. The van der Waals surface area contributed by atoms with E-state index in [1.807, 2.05) is 42.5 Å². The molecule has 152 valence electrons. The molecule has 0 aromatic heterocycles. The lowest BCUT2D eigenvalue weighted by atomic mass is 10.0. The molecule has 0 unspecified atom stereocenters. The number of ether oxygens (including phenoxy) is 2. The van der Waals surface area contributed by atoms with Gasteiger partial charge in [0.2, 0.25) is 0 Å². The van der Waals surface area contributed by atoms with Gasteiger partial charge in [-0.3, -0.25) is 4.79 Å². The maximum absolute atomic E-state index is 12.5. The molecule has 2 aromatic rings. The zero-order valence-corrected chi connectivity index (χ0v) is 16.9. The number of allylic oxidation sites excluding steroid dienone is 2. The molecule has 0 atom stereocenters. The third-order valence-electron chi connectivity index (χ3n) is 4.64. The number of hydrogen-bond acceptors (Lipinski definition) is 6. The van der Waals surface area contributed by atoms with Crippen molar-refractivity contribution in [3.8, 4) is 11.1 Å². The summed E-state index contributed by atoms with van der Waals surface area (Å²) in [5.74, 6) is -1.30. The summed E-state index contributed by atoms with van der Waals surface area (Å²) in [5.41, 5.74) is 3.25. The number of methoxy groups -OCH3 is 2. The number of Topliss-reactive ketones (excluding diaryl/α,β-unsaturated/α-hetero) is 1. The van der Waals surface area contributed by atoms with Crippen molar-refractivity contribution in [3.05, 3.63) is 89.8 Å². The van der Waals surface area contributed by atoms with Gasteiger partial charge in [0, 0.05) is 17.5 Å². The summed E-state index contributed by atoms with van der Waals surface area (Å²) in [6.45, 7) is 1.53. The van der Waals surface area contributed by atoms with Crippen molar-refractivity contribution in [1.82, 2.24) is 0 Å². The molecule has 0 aliphatic carbocycles. The van der Waals surface area contributed by atoms with Gasteiger partial charge in [0.1, 0.15) is 5.70 Å². The Morgan fingerprint density at radius 1 is 0.833 bits per heavy atom. The topological polar surface area (TPSA) is 72.9 Å². The number of nitrogens with zero attached hydrogens (tertiary/aromatic N) is 1. The van der Waals surface area contributed by atoms with Crippen molar-refractivity contribution in [2.45, 2.75) is 6.92 Å². The maximum atomic E-state index is 12.5. The van der Waals surface area contributed by atoms with E-state index in [4.69, 9.17) is 9.47 Å². The van der Waals surface area contributed by atoms with Crippen LogP contribution < -0.4 is 4.90 Å². The Morgan fingerprint density at radius 2 is 1.53 bits per heavy atom. The molecule has 30 heavy (non-hydrogen) atoms. The first-order valence-electron chi connectivity index (χ1n) is 9.22. The van der Waals surface area contributed by atoms with Crippen molar-refractivity contribution in [2.24, 2.45) is 0 Å². The van der Waals surface area contributed by atoms with Gasteiger partial charge in [-0.25, -0.2) is 9.59 Å². The second-order valence-electron chi connectivity index (χ2n) is 6.50. The molecule has 3 rings (SSSR count). The van der Waals surface area contributed by atoms with E-state index >= 15 is 0 Å². The minimum absolute atomic E-state index is 0.00105. The second kappa shape index (κ2) is 9.05. The monoisotopic (exact) mass is 403 g/mol. The van der Waals surface area contributed by atoms with E-state index in [0.717, 1.165) is 11.1 Å². The van der Waals surface area contributed by atoms with Crippen LogP contribution in [0.4, 0.5) is 5.69 Å². The van der Waals surface area contributed by atoms with Crippen molar-refractivity contribution >= 4 is 23.4 Å². The summed E-state index contributed by atoms with van der Waals surface area (Å²) in [6.07, 6.45) is 6.54. The quantitative estimate of drug-likeness (QED) is 0.554. The van der Waals surface area contributed by atoms with Gasteiger partial charge in [-0.15, -0.1) is 0 Å². The Morgan fingerprint density at radius 3 is 2.17 bits per heavy atom. The molecule has 0 saturated heterocycles. The van der Waals surface area contributed by atoms with Crippen LogP contribution in [0.15, 0.2) is 84.2 Å². The van der Waals surface area contributed by atoms with Gasteiger partial charge in [0.15, 0.2) is 5.78 Å². The van der Waals surface area contributed by atoms with Gasteiger partial charge in [-0.2, -0.15) is 0 Å². The van der Waals surface area contributed by atoms with Gasteiger partial charge in [-0.1, -0.05) is 36.4 Å². The second-order valence-corrected chi connectivity index (χ2v) is 6.50. The molecule has 1 heterocycles. The van der Waals surface area contributed by atoms with Crippen LogP contribution in [0.3, 0.4) is 0 Å². The molecule has 0 N–H and O–H groups in total. The summed E-state index contributed by atoms with van der Waals surface area (Å²) in [4.78, 5) is 38.0. The standard InChI is InChI=1S/C24H21NO5/c1-16(26)18-7-6-8-19(15-18)17-10-12-20(13-11-17)25-14-5-4-9-21(23(27)29-2)22(25)24(28)30-3/h4-15H,1-3H3. The average Bonchev–Trinajstić information content (AvgIpc) is 3.01. The van der Waals surface area contributed by atoms with E-state index in [9.17, 15) is 14.4 Å². The zero-order valence-electron chi connectivity index (χ0n) is 16.9. The van der Waals surface area contributed by atoms with Crippen molar-refractivity contribution in [3.63, 3.8) is 0 Å². The average molecular weight is 403 g/mol. The summed E-state index contributed by atoms with van der Waals surface area (Å²) >= 11 is 0. The molecule has 1 aliphatic heterocycles. The summed E-state index contributed by atoms with van der Waals surface area (Å²) in [6, 6.07) is 14.8. The van der Waals surface area contributed by atoms with Gasteiger partial charge in [0.25, 0.3) is 0 Å². The lowest BCUT2D eigenvalue weighted by molar-refractivity contribution is -0.139. The van der Waals surface area contributed by atoms with Crippen LogP contribution in [0.25, 0.3) is 11.1 Å². The Balaban J connectivity index is 2.03. The molecule has 0 radical (unpaired) electrons. The minimum atomic E-state index is -0.662. The molecule has 0 fully saturated rings. The van der Waals surface area contributed by atoms with Crippen LogP contribution in [0.5, 0.6) is 0 Å². The highest BCUT2D eigenvalue weighted by Gasteiger charge is 2.27. The van der Waals surface area contributed by atoms with E-state index in [1.165, 1.54) is 27.2 Å². The molecule has 0 spiro atoms. The van der Waals surface area contributed by atoms with Crippen LogP contribution in [0, 0.1) is 0 Å². The third kappa shape index (κ3) is 4.22. The summed E-state index contributed by atoms with van der Waals surface area (Å²) < 4.78 is 9.73. The van der Waals surface area contributed by atoms with E-state index in [1.54, 1.807) is 29.3 Å². The number of benzene rings is 2. The Hall–Kier alpha value is -3.93. The summed E-state index contributed by atoms with van der Waals surface area (Å²) in [5, 5.41) is 0. The van der Waals surface area contributed by atoms with Crippen LogP contribution in [0.1, 0.15) is 17.3 Å². The highest BCUT2D eigenvalue weighted by molar-refractivity contribution is 6.05. The number of carbonyl (C=O) groups is 3. The van der Waals surface area contributed by atoms with Crippen LogP contribution >= 0.6 is 0 Å². The van der Waals surface area contributed by atoms with Crippen molar-refractivity contribution < 1.29 is 23.9 Å². The fourth-order valence-corrected chi connectivity index (χ4v) is 3.10. The fraction of sp³-hybridized carbons (Fsp3) is 0.125. The highest BCUT2D eigenvalue weighted by atomic mass is 16.5. The lowest BCUT2D eigenvalue weighted by Gasteiger charge is -2.23. The van der Waals surface area contributed by atoms with E-state index in [-0.39, 0.29) is 17.1 Å². The highest BCUT2D eigenvalue weighted by Crippen LogP contribution is 2.29. The van der Waals surface area contributed by atoms with Crippen LogP contribution in [-0.2, 0) is 19.1 Å². The number of hydrogen-bond donors (Lipinski definition) is 0. The smallest absolute Gasteiger partial charge is 0.355 e. The first-order chi connectivity index (χ1) is 14.5.